The molecule has 0 unspecified atom stereocenters. The van der Waals surface area contributed by atoms with E-state index >= 15 is 0 Å². The van der Waals surface area contributed by atoms with E-state index in [1.165, 1.54) is 11.8 Å². The van der Waals surface area contributed by atoms with Crippen LogP contribution in [0.2, 0.25) is 0 Å². The van der Waals surface area contributed by atoms with Crippen LogP contribution >= 0.6 is 11.8 Å². The molecule has 0 bridgehead atoms. The van der Waals surface area contributed by atoms with Crippen LogP contribution in [0.15, 0.2) is 59.8 Å². The van der Waals surface area contributed by atoms with Crippen LogP contribution in [-0.4, -0.2) is 52.0 Å². The molecule has 1 aromatic heterocycles. The summed E-state index contributed by atoms with van der Waals surface area (Å²) in [5.41, 5.74) is 1.88. The highest BCUT2D eigenvalue weighted by Crippen LogP contribution is 2.28. The molecule has 7 heteroatoms. The first-order valence-electron chi connectivity index (χ1n) is 8.67. The van der Waals surface area contributed by atoms with Gasteiger partial charge in [0.1, 0.15) is 5.75 Å². The second-order valence-corrected chi connectivity index (χ2v) is 6.95. The van der Waals surface area contributed by atoms with Crippen LogP contribution in [-0.2, 0) is 4.79 Å². The normalized spacial score (nSPS) is 10.6. The molecule has 27 heavy (non-hydrogen) atoms. The molecule has 1 heterocycles. The predicted octanol–water partition coefficient (Wildman–Crippen LogP) is 3.51. The fourth-order valence-electron chi connectivity index (χ4n) is 2.48. The molecule has 0 aliphatic rings. The van der Waals surface area contributed by atoms with Gasteiger partial charge in [-0.15, -0.1) is 10.2 Å². The zero-order chi connectivity index (χ0) is 19.2. The topological polar surface area (TPSA) is 60.2 Å². The Balaban J connectivity index is 1.99. The van der Waals surface area contributed by atoms with Crippen LogP contribution in [0.1, 0.15) is 6.92 Å². The number of aromatic nitrogens is 3. The zero-order valence-corrected chi connectivity index (χ0v) is 16.4. The van der Waals surface area contributed by atoms with Crippen molar-refractivity contribution >= 4 is 17.7 Å². The number of nitrogens with zero attached hydrogens (tertiary/aromatic N) is 4. The molecule has 0 aliphatic carbocycles. The van der Waals surface area contributed by atoms with E-state index in [1.54, 1.807) is 19.0 Å². The quantitative estimate of drug-likeness (QED) is 0.585. The third-order valence-electron chi connectivity index (χ3n) is 3.89. The number of amides is 1. The van der Waals surface area contributed by atoms with E-state index in [2.05, 4.69) is 10.2 Å². The van der Waals surface area contributed by atoms with E-state index in [1.807, 2.05) is 66.1 Å². The molecule has 140 valence electrons. The Kier molecular flexibility index (Phi) is 6.13. The van der Waals surface area contributed by atoms with Gasteiger partial charge >= 0.3 is 0 Å². The minimum absolute atomic E-state index is 0.0301. The summed E-state index contributed by atoms with van der Waals surface area (Å²) in [7, 11) is 3.49. The molecule has 1 amide bonds. The van der Waals surface area contributed by atoms with Crippen molar-refractivity contribution in [3.05, 3.63) is 54.6 Å². The summed E-state index contributed by atoms with van der Waals surface area (Å²) in [6.07, 6.45) is 0. The minimum Gasteiger partial charge on any atom is -0.494 e. The Morgan fingerprint density at radius 3 is 2.41 bits per heavy atom. The average molecular weight is 382 g/mol. The van der Waals surface area contributed by atoms with Gasteiger partial charge in [-0.3, -0.25) is 9.36 Å². The van der Waals surface area contributed by atoms with Crippen molar-refractivity contribution < 1.29 is 9.53 Å². The lowest BCUT2D eigenvalue weighted by Gasteiger charge is -2.12. The molecule has 3 rings (SSSR count). The molecule has 3 aromatic rings. The van der Waals surface area contributed by atoms with Crippen molar-refractivity contribution in [2.45, 2.75) is 12.1 Å². The predicted molar refractivity (Wildman–Crippen MR) is 107 cm³/mol. The maximum atomic E-state index is 12.0. The van der Waals surface area contributed by atoms with Gasteiger partial charge in [0.2, 0.25) is 5.91 Å². The molecular weight excluding hydrogens is 360 g/mol. The summed E-state index contributed by atoms with van der Waals surface area (Å²) in [5, 5.41) is 9.39. The number of thioether (sulfide) groups is 1. The van der Waals surface area contributed by atoms with Gasteiger partial charge in [0, 0.05) is 25.3 Å². The minimum atomic E-state index is 0.0301. The van der Waals surface area contributed by atoms with E-state index in [9.17, 15) is 4.79 Å². The summed E-state index contributed by atoms with van der Waals surface area (Å²) in [5.74, 6) is 1.88. The van der Waals surface area contributed by atoms with Crippen molar-refractivity contribution in [2.75, 3.05) is 26.5 Å². The number of carbonyl (C=O) groups is 1. The smallest absolute Gasteiger partial charge is 0.232 e. The Bertz CT molecular complexity index is 892. The lowest BCUT2D eigenvalue weighted by atomic mass is 10.2. The van der Waals surface area contributed by atoms with E-state index in [0.717, 1.165) is 22.8 Å². The molecule has 2 aromatic carbocycles. The van der Waals surface area contributed by atoms with Gasteiger partial charge < -0.3 is 9.64 Å². The second kappa shape index (κ2) is 8.73. The first-order chi connectivity index (χ1) is 13.1. The van der Waals surface area contributed by atoms with Gasteiger partial charge in [0.15, 0.2) is 11.0 Å². The number of hydrogen-bond donors (Lipinski definition) is 0. The molecule has 0 aliphatic heterocycles. The number of hydrogen-bond acceptors (Lipinski definition) is 5. The highest BCUT2D eigenvalue weighted by molar-refractivity contribution is 7.99. The monoisotopic (exact) mass is 382 g/mol. The fourth-order valence-corrected chi connectivity index (χ4v) is 3.41. The van der Waals surface area contributed by atoms with E-state index < -0.39 is 0 Å². The van der Waals surface area contributed by atoms with E-state index in [0.29, 0.717) is 17.5 Å². The maximum Gasteiger partial charge on any atom is 0.232 e. The van der Waals surface area contributed by atoms with Crippen molar-refractivity contribution in [3.63, 3.8) is 0 Å². The molecule has 0 fully saturated rings. The Labute approximate surface area is 163 Å². The molecule has 0 atom stereocenters. The molecule has 0 saturated carbocycles. The highest BCUT2D eigenvalue weighted by atomic mass is 32.2. The van der Waals surface area contributed by atoms with E-state index in [-0.39, 0.29) is 5.91 Å². The highest BCUT2D eigenvalue weighted by Gasteiger charge is 2.17. The van der Waals surface area contributed by atoms with Crippen LogP contribution in [0.3, 0.4) is 0 Å². The van der Waals surface area contributed by atoms with Gasteiger partial charge in [-0.1, -0.05) is 42.1 Å². The first-order valence-corrected chi connectivity index (χ1v) is 9.65. The molecule has 0 N–H and O–H groups in total. The van der Waals surface area contributed by atoms with Crippen LogP contribution in [0.25, 0.3) is 17.1 Å². The van der Waals surface area contributed by atoms with Gasteiger partial charge in [-0.25, -0.2) is 0 Å². The lowest BCUT2D eigenvalue weighted by Crippen LogP contribution is -2.23. The van der Waals surface area contributed by atoms with Gasteiger partial charge in [0.05, 0.1) is 12.4 Å². The van der Waals surface area contributed by atoms with Crippen LogP contribution in [0.5, 0.6) is 5.75 Å². The lowest BCUT2D eigenvalue weighted by molar-refractivity contribution is -0.125. The Morgan fingerprint density at radius 2 is 1.78 bits per heavy atom. The average Bonchev–Trinajstić information content (AvgIpc) is 3.11. The SMILES string of the molecule is CCOc1ccc(-n2c(SCC(=O)N(C)C)nnc2-c2ccccc2)cc1. The molecule has 0 radical (unpaired) electrons. The standard InChI is InChI=1S/C20H22N4O2S/c1-4-26-17-12-10-16(11-13-17)24-19(15-8-6-5-7-9-15)21-22-20(24)27-14-18(25)23(2)3/h5-13H,4,14H2,1-3H3. The first kappa shape index (κ1) is 19.0. The zero-order valence-electron chi connectivity index (χ0n) is 15.6. The number of rotatable bonds is 7. The molecule has 0 spiro atoms. The molecule has 0 saturated heterocycles. The summed E-state index contributed by atoms with van der Waals surface area (Å²) < 4.78 is 7.50. The van der Waals surface area contributed by atoms with Crippen LogP contribution in [0, 0.1) is 0 Å². The number of benzene rings is 2. The van der Waals surface area contributed by atoms with Gasteiger partial charge in [-0.05, 0) is 31.2 Å². The van der Waals surface area contributed by atoms with Crippen molar-refractivity contribution in [1.82, 2.24) is 19.7 Å². The van der Waals surface area contributed by atoms with Crippen molar-refractivity contribution in [2.24, 2.45) is 0 Å². The van der Waals surface area contributed by atoms with Gasteiger partial charge in [-0.2, -0.15) is 0 Å². The molecular formula is C20H22N4O2S. The Morgan fingerprint density at radius 1 is 1.07 bits per heavy atom. The van der Waals surface area contributed by atoms with Crippen LogP contribution < -0.4 is 4.74 Å². The summed E-state index contributed by atoms with van der Waals surface area (Å²) in [6.45, 7) is 2.58. The van der Waals surface area contributed by atoms with Crippen molar-refractivity contribution in [1.29, 1.82) is 0 Å². The number of ether oxygens (including phenoxy) is 1. The third-order valence-corrected chi connectivity index (χ3v) is 4.81. The second-order valence-electron chi connectivity index (χ2n) is 6.01. The van der Waals surface area contributed by atoms with Crippen LogP contribution in [0.4, 0.5) is 0 Å². The molecule has 6 nitrogen and oxygen atoms in total. The Hall–Kier alpha value is -2.80. The van der Waals surface area contributed by atoms with Gasteiger partial charge in [0.25, 0.3) is 0 Å². The largest absolute Gasteiger partial charge is 0.494 e. The number of carbonyl (C=O) groups excluding carboxylic acids is 1. The fraction of sp³-hybridized carbons (Fsp3) is 0.250. The summed E-state index contributed by atoms with van der Waals surface area (Å²) >= 11 is 1.38. The van der Waals surface area contributed by atoms with Crippen molar-refractivity contribution in [3.8, 4) is 22.8 Å². The summed E-state index contributed by atoms with van der Waals surface area (Å²) in [6, 6.07) is 17.7. The maximum absolute atomic E-state index is 12.0. The van der Waals surface area contributed by atoms with E-state index in [4.69, 9.17) is 4.74 Å². The summed E-state index contributed by atoms with van der Waals surface area (Å²) in [4.78, 5) is 13.6. The third kappa shape index (κ3) is 4.49.